The number of carbonyl (C=O) groups excluding carboxylic acids is 8. The van der Waals surface area contributed by atoms with E-state index in [1.54, 1.807) is 44.2 Å². The third-order valence-corrected chi connectivity index (χ3v) is 10.5. The minimum atomic E-state index is -1.97. The van der Waals surface area contributed by atoms with Crippen LogP contribution in [0.3, 0.4) is 0 Å². The summed E-state index contributed by atoms with van der Waals surface area (Å²) in [6.07, 6.45) is -3.16. The van der Waals surface area contributed by atoms with Crippen LogP contribution < -0.4 is 54.0 Å². The zero-order valence-corrected chi connectivity index (χ0v) is 41.0. The molecule has 0 bridgehead atoms. The summed E-state index contributed by atoms with van der Waals surface area (Å²) in [6, 6.07) is -5.77. The molecule has 0 saturated carbocycles. The van der Waals surface area contributed by atoms with E-state index < -0.39 is 157 Å². The van der Waals surface area contributed by atoms with E-state index in [-0.39, 0.29) is 19.4 Å². The molecule has 0 saturated heterocycles. The summed E-state index contributed by atoms with van der Waals surface area (Å²) in [7, 11) is 0. The van der Waals surface area contributed by atoms with Crippen molar-refractivity contribution < 1.29 is 88.5 Å². The van der Waals surface area contributed by atoms with Crippen molar-refractivity contribution in [3.8, 4) is 0 Å². The molecule has 0 radical (unpaired) electrons. The number of hydrogen-bond donors (Lipinski definition) is 17. The second-order valence-corrected chi connectivity index (χ2v) is 16.7. The highest BCUT2D eigenvalue weighted by molar-refractivity contribution is 5.99. The summed E-state index contributed by atoms with van der Waals surface area (Å²) in [4.78, 5) is 138. The Morgan fingerprint density at radius 3 is 1.42 bits per heavy atom. The number of hydrogen-bond acceptors (Lipinski definition) is 17. The van der Waals surface area contributed by atoms with Gasteiger partial charge in [-0.25, -0.2) is 4.79 Å². The Morgan fingerprint density at radius 1 is 0.556 bits per heavy atom. The lowest BCUT2D eigenvalue weighted by Gasteiger charge is -2.29. The van der Waals surface area contributed by atoms with Gasteiger partial charge in [-0.15, -0.1) is 0 Å². The third-order valence-electron chi connectivity index (χ3n) is 10.5. The fourth-order valence-corrected chi connectivity index (χ4v) is 6.22. The molecule has 72 heavy (non-hydrogen) atoms. The van der Waals surface area contributed by atoms with Gasteiger partial charge >= 0.3 is 11.9 Å². The van der Waals surface area contributed by atoms with Crippen LogP contribution in [0.4, 0.5) is 0 Å². The molecule has 28 heteroatoms. The minimum Gasteiger partial charge on any atom is -0.481 e. The number of aliphatic carboxylic acids is 3. The summed E-state index contributed by atoms with van der Waals surface area (Å²) in [5.74, 6) is -13.3. The van der Waals surface area contributed by atoms with E-state index in [1.807, 2.05) is 0 Å². The van der Waals surface area contributed by atoms with Crippen LogP contribution >= 0.6 is 0 Å². The molecule has 19 N–H and O–H groups in total. The van der Waals surface area contributed by atoms with E-state index in [2.05, 4.69) is 42.5 Å². The number of carboxylic acids is 3. The van der Waals surface area contributed by atoms with Crippen LogP contribution in [0.15, 0.2) is 30.3 Å². The van der Waals surface area contributed by atoms with Crippen molar-refractivity contribution in [3.63, 3.8) is 0 Å². The molecule has 1 aromatic rings. The molecular weight excluding hydrogens is 957 g/mol. The summed E-state index contributed by atoms with van der Waals surface area (Å²) in [6.45, 7) is 5.86. The number of amides is 8. The van der Waals surface area contributed by atoms with Crippen LogP contribution in [-0.4, -0.2) is 187 Å². The second kappa shape index (κ2) is 33.7. The number of aliphatic hydroxyl groups excluding tert-OH is 4. The highest BCUT2D eigenvalue weighted by atomic mass is 16.4. The van der Waals surface area contributed by atoms with Crippen molar-refractivity contribution in [2.24, 2.45) is 17.4 Å². The van der Waals surface area contributed by atoms with Crippen molar-refractivity contribution in [1.82, 2.24) is 42.5 Å². The second-order valence-electron chi connectivity index (χ2n) is 16.7. The van der Waals surface area contributed by atoms with Gasteiger partial charge in [0.1, 0.15) is 48.3 Å². The van der Waals surface area contributed by atoms with E-state index in [1.165, 1.54) is 6.92 Å². The fraction of sp³-hybridized carbons (Fsp3) is 0.614. The molecule has 0 aliphatic heterocycles. The predicted octanol–water partition coefficient (Wildman–Crippen LogP) is -5.97. The molecule has 1 aromatic carbocycles. The molecule has 0 spiro atoms. The lowest BCUT2D eigenvalue weighted by Crippen LogP contribution is -2.62. The van der Waals surface area contributed by atoms with Gasteiger partial charge < -0.3 is 89.7 Å². The van der Waals surface area contributed by atoms with E-state index >= 15 is 0 Å². The predicted molar refractivity (Wildman–Crippen MR) is 252 cm³/mol. The van der Waals surface area contributed by atoms with E-state index in [0.29, 0.717) is 19.3 Å². The summed E-state index contributed by atoms with van der Waals surface area (Å²) in [5.41, 5.74) is 12.2. The van der Waals surface area contributed by atoms with Gasteiger partial charge in [-0.2, -0.15) is 0 Å². The first-order chi connectivity index (χ1) is 33.6. The highest BCUT2D eigenvalue weighted by Crippen LogP contribution is 2.11. The van der Waals surface area contributed by atoms with E-state index in [0.717, 1.165) is 26.3 Å². The van der Waals surface area contributed by atoms with Crippen LogP contribution in [-0.2, 0) is 59.2 Å². The van der Waals surface area contributed by atoms with Gasteiger partial charge in [-0.3, -0.25) is 47.9 Å². The SMILES string of the molecule is CC(=O)O.CCC(C)C(NC(=O)C(NC(=O)C(N)Cc1ccccc1)C(C)O)C(=O)NC(CO)C(=O)NC(C)C(=O)NC(CC(=O)O)C(=O)NC(C(=O)NC(CO)C(=O)NC(CCCCN)C(=O)O)C(C)O. The first-order valence-corrected chi connectivity index (χ1v) is 22.8. The zero-order chi connectivity index (χ0) is 55.4. The average Bonchev–Trinajstić information content (AvgIpc) is 3.30. The molecule has 406 valence electrons. The van der Waals surface area contributed by atoms with Crippen LogP contribution in [0, 0.1) is 5.92 Å². The fourth-order valence-electron chi connectivity index (χ4n) is 6.22. The maximum atomic E-state index is 13.6. The molecule has 0 fully saturated rings. The average molecular weight is 1030 g/mol. The first-order valence-electron chi connectivity index (χ1n) is 22.8. The lowest BCUT2D eigenvalue weighted by molar-refractivity contribution is -0.143. The van der Waals surface area contributed by atoms with Crippen molar-refractivity contribution in [3.05, 3.63) is 35.9 Å². The summed E-state index contributed by atoms with van der Waals surface area (Å²) < 4.78 is 0. The Morgan fingerprint density at radius 2 is 0.972 bits per heavy atom. The number of unbranched alkanes of at least 4 members (excludes halogenated alkanes) is 1. The molecule has 12 atom stereocenters. The highest BCUT2D eigenvalue weighted by Gasteiger charge is 2.37. The van der Waals surface area contributed by atoms with Gasteiger partial charge in [0, 0.05) is 6.92 Å². The maximum absolute atomic E-state index is 13.6. The van der Waals surface area contributed by atoms with Gasteiger partial charge in [-0.1, -0.05) is 50.6 Å². The Balaban J connectivity index is 0.0000121. The van der Waals surface area contributed by atoms with Crippen LogP contribution in [0.25, 0.3) is 0 Å². The Labute approximate surface area is 415 Å². The Kier molecular flexibility index (Phi) is 30.5. The lowest BCUT2D eigenvalue weighted by atomic mass is 9.97. The molecule has 0 aliphatic carbocycles. The smallest absolute Gasteiger partial charge is 0.326 e. The monoisotopic (exact) mass is 1030 g/mol. The number of nitrogens with two attached hydrogens (primary N) is 2. The minimum absolute atomic E-state index is 0.0297. The van der Waals surface area contributed by atoms with Crippen molar-refractivity contribution >= 4 is 65.2 Å². The number of carboxylic acid groups (broad SMARTS) is 3. The molecule has 0 heterocycles. The van der Waals surface area contributed by atoms with Gasteiger partial charge in [0.2, 0.25) is 47.3 Å². The summed E-state index contributed by atoms with van der Waals surface area (Å²) in [5, 5.41) is 84.7. The number of carbonyl (C=O) groups is 11. The molecule has 0 aliphatic rings. The van der Waals surface area contributed by atoms with Crippen molar-refractivity contribution in [1.29, 1.82) is 0 Å². The number of rotatable bonds is 31. The topological polar surface area (TPSA) is 478 Å². The molecule has 8 amide bonds. The van der Waals surface area contributed by atoms with Gasteiger partial charge in [0.15, 0.2) is 0 Å². The van der Waals surface area contributed by atoms with Gasteiger partial charge in [0.25, 0.3) is 5.97 Å². The van der Waals surface area contributed by atoms with Gasteiger partial charge in [-0.05, 0) is 64.5 Å². The molecule has 12 unspecified atom stereocenters. The van der Waals surface area contributed by atoms with E-state index in [9.17, 15) is 78.6 Å². The third kappa shape index (κ3) is 24.3. The summed E-state index contributed by atoms with van der Waals surface area (Å²) >= 11 is 0. The van der Waals surface area contributed by atoms with Crippen molar-refractivity contribution in [2.75, 3.05) is 19.8 Å². The Hall–Kier alpha value is -6.85. The maximum Gasteiger partial charge on any atom is 0.326 e. The standard InChI is InChI=1S/C42H68N10O16.C2H4O2/c1-6-20(2)31(50-41(66)33(23(5)56)51-35(60)25(44)16-24-12-8-7-9-13-24)39(64)48-28(18-53)37(62)45-21(3)34(59)47-27(17-30(57)58)36(61)52-32(22(4)55)40(65)49-29(19-54)38(63)46-26(42(67)68)14-10-11-15-43;1-2(3)4/h7-9,12-13,20-23,25-29,31-33,53-56H,6,10-11,14-19,43-44H2,1-5H3,(H,45,62)(H,46,63)(H,47,59)(H,48,64)(H,49,65)(H,50,66)(H,51,60)(H,52,61)(H,57,58)(H,67,68);1H3,(H,3,4). The van der Waals surface area contributed by atoms with Crippen LogP contribution in [0.1, 0.15) is 79.2 Å². The number of benzene rings is 1. The molecule has 1 rings (SSSR count). The zero-order valence-electron chi connectivity index (χ0n) is 41.0. The molecule has 28 nitrogen and oxygen atoms in total. The largest absolute Gasteiger partial charge is 0.481 e. The Bertz CT molecular complexity index is 1970. The normalized spacial score (nSPS) is 15.8. The number of nitrogens with one attached hydrogen (secondary N) is 8. The van der Waals surface area contributed by atoms with Gasteiger partial charge in [0.05, 0.1) is 37.9 Å². The molecule has 0 aromatic heterocycles. The van der Waals surface area contributed by atoms with Crippen molar-refractivity contribution in [2.45, 2.75) is 147 Å². The quantitative estimate of drug-likeness (QED) is 0.0308. The first kappa shape index (κ1) is 65.1. The van der Waals surface area contributed by atoms with Crippen LogP contribution in [0.2, 0.25) is 0 Å². The van der Waals surface area contributed by atoms with E-state index in [4.69, 9.17) is 21.4 Å². The molecular formula is C44H72N10O18. The number of aliphatic hydroxyl groups is 4. The van der Waals surface area contributed by atoms with Crippen LogP contribution in [0.5, 0.6) is 0 Å².